The van der Waals surface area contributed by atoms with Crippen LogP contribution in [0.1, 0.15) is 83.6 Å². The largest absolute Gasteiger partial charge is 0.456 e. The predicted molar refractivity (Wildman–Crippen MR) is 286 cm³/mol. The van der Waals surface area contributed by atoms with Crippen molar-refractivity contribution in [2.75, 3.05) is 4.81 Å². The van der Waals surface area contributed by atoms with Gasteiger partial charge >= 0.3 is 6.85 Å². The van der Waals surface area contributed by atoms with E-state index in [1.165, 1.54) is 121 Å². The van der Waals surface area contributed by atoms with E-state index in [9.17, 15) is 0 Å². The maximum atomic E-state index is 7.08. The Morgan fingerprint density at radius 1 is 0.567 bits per heavy atom. The molecule has 2 aliphatic heterocycles. The Hall–Kier alpha value is -6.76. The van der Waals surface area contributed by atoms with Crippen LogP contribution in [0.4, 0.5) is 11.4 Å². The highest BCUT2D eigenvalue weighted by Crippen LogP contribution is 2.52. The molecular formula is C61H49BN2O2S. The number of hydrogen-bond donors (Lipinski definition) is 0. The molecule has 3 aliphatic rings. The van der Waals surface area contributed by atoms with Crippen molar-refractivity contribution in [2.45, 2.75) is 84.5 Å². The number of aromatic nitrogens is 1. The zero-order valence-electron chi connectivity index (χ0n) is 39.2. The molecule has 0 saturated carbocycles. The molecule has 324 valence electrons. The van der Waals surface area contributed by atoms with E-state index in [2.05, 4.69) is 192 Å². The topological polar surface area (TPSA) is 34.5 Å². The van der Waals surface area contributed by atoms with Gasteiger partial charge in [-0.05, 0) is 141 Å². The molecule has 12 aromatic rings. The van der Waals surface area contributed by atoms with Gasteiger partial charge in [-0.2, -0.15) is 0 Å². The molecule has 6 heteroatoms. The van der Waals surface area contributed by atoms with E-state index >= 15 is 0 Å². The Bertz CT molecular complexity index is 4220. The Morgan fingerprint density at radius 3 is 2.03 bits per heavy atom. The molecule has 0 saturated heterocycles. The first-order valence-electron chi connectivity index (χ1n) is 24.1. The van der Waals surface area contributed by atoms with Gasteiger partial charge in [0, 0.05) is 81.2 Å². The van der Waals surface area contributed by atoms with Crippen LogP contribution >= 0.6 is 11.3 Å². The molecule has 0 bridgehead atoms. The first-order valence-corrected chi connectivity index (χ1v) is 24.9. The highest BCUT2D eigenvalue weighted by Gasteiger charge is 2.45. The lowest BCUT2D eigenvalue weighted by Gasteiger charge is -2.42. The van der Waals surface area contributed by atoms with E-state index in [1.807, 2.05) is 11.3 Å². The number of aryl methyl sites for hydroxylation is 1. The molecule has 1 aliphatic carbocycles. The van der Waals surface area contributed by atoms with Crippen LogP contribution in [0.3, 0.4) is 0 Å². The SMILES string of the molecule is Cc1cc2c3c4c1c1cc5oc6ccccc6c5cc1n4-c1cc4c(cc1B3N(c1ccc(C(C)(C)C)cc1)c1cc3oc5cc6c(cc5c3cc1-2)C(C)(C)CCC6(C)C)sc1ccccc14. The van der Waals surface area contributed by atoms with Crippen LogP contribution in [0.25, 0.3) is 103 Å². The molecule has 4 aromatic heterocycles. The summed E-state index contributed by atoms with van der Waals surface area (Å²) in [5.41, 5.74) is 20.7. The number of furan rings is 2. The fourth-order valence-corrected chi connectivity index (χ4v) is 14.0. The number of para-hydroxylation sites is 1. The molecule has 6 heterocycles. The summed E-state index contributed by atoms with van der Waals surface area (Å²) in [6.07, 6.45) is 2.33. The molecule has 0 fully saturated rings. The number of anilines is 2. The smallest absolute Gasteiger partial charge is 0.333 e. The van der Waals surface area contributed by atoms with Crippen molar-refractivity contribution in [1.29, 1.82) is 0 Å². The summed E-state index contributed by atoms with van der Waals surface area (Å²) < 4.78 is 19.0. The van der Waals surface area contributed by atoms with E-state index < -0.39 is 0 Å². The number of thiophene rings is 1. The van der Waals surface area contributed by atoms with Crippen LogP contribution < -0.4 is 15.7 Å². The fourth-order valence-electron chi connectivity index (χ4n) is 12.9. The lowest BCUT2D eigenvalue weighted by molar-refractivity contribution is 0.332. The molecule has 0 spiro atoms. The Kier molecular flexibility index (Phi) is 7.11. The molecule has 15 rings (SSSR count). The third kappa shape index (κ3) is 4.94. The lowest BCUT2D eigenvalue weighted by Crippen LogP contribution is -2.60. The van der Waals surface area contributed by atoms with Crippen molar-refractivity contribution in [3.05, 3.63) is 150 Å². The van der Waals surface area contributed by atoms with E-state index in [4.69, 9.17) is 8.83 Å². The van der Waals surface area contributed by atoms with Crippen molar-refractivity contribution in [1.82, 2.24) is 4.57 Å². The third-order valence-corrected chi connectivity index (χ3v) is 17.6. The van der Waals surface area contributed by atoms with Crippen molar-refractivity contribution in [3.8, 4) is 16.8 Å². The summed E-state index contributed by atoms with van der Waals surface area (Å²) in [5.74, 6) is 0. The highest BCUT2D eigenvalue weighted by molar-refractivity contribution is 7.26. The van der Waals surface area contributed by atoms with Crippen molar-refractivity contribution in [2.24, 2.45) is 0 Å². The van der Waals surface area contributed by atoms with Crippen LogP contribution in [0.5, 0.6) is 0 Å². The monoisotopic (exact) mass is 884 g/mol. The van der Waals surface area contributed by atoms with Crippen molar-refractivity contribution in [3.63, 3.8) is 0 Å². The second-order valence-electron chi connectivity index (χ2n) is 22.4. The average Bonchev–Trinajstić information content (AvgIpc) is 4.06. The first-order chi connectivity index (χ1) is 32.2. The zero-order valence-corrected chi connectivity index (χ0v) is 40.1. The molecule has 67 heavy (non-hydrogen) atoms. The van der Waals surface area contributed by atoms with Crippen LogP contribution in [-0.2, 0) is 16.2 Å². The lowest BCUT2D eigenvalue weighted by atomic mass is 9.44. The molecule has 4 nitrogen and oxygen atoms in total. The second kappa shape index (κ2) is 12.4. The van der Waals surface area contributed by atoms with Crippen LogP contribution in [0.2, 0.25) is 0 Å². The van der Waals surface area contributed by atoms with Crippen molar-refractivity contribution < 1.29 is 8.83 Å². The Labute approximate surface area is 393 Å². The van der Waals surface area contributed by atoms with Gasteiger partial charge in [0.2, 0.25) is 0 Å². The quantitative estimate of drug-likeness (QED) is 0.154. The summed E-state index contributed by atoms with van der Waals surface area (Å²) in [6, 6.07) is 48.8. The normalized spacial score (nSPS) is 16.1. The molecule has 0 amide bonds. The summed E-state index contributed by atoms with van der Waals surface area (Å²) in [5, 5.41) is 9.80. The minimum atomic E-state index is -0.118. The van der Waals surface area contributed by atoms with Gasteiger partial charge in [-0.1, -0.05) is 103 Å². The van der Waals surface area contributed by atoms with Crippen LogP contribution in [0, 0.1) is 6.92 Å². The number of rotatable bonds is 1. The highest BCUT2D eigenvalue weighted by atomic mass is 32.1. The maximum Gasteiger partial charge on any atom is 0.333 e. The third-order valence-electron chi connectivity index (χ3n) is 16.5. The minimum absolute atomic E-state index is 0.0209. The van der Waals surface area contributed by atoms with Crippen molar-refractivity contribution >= 4 is 126 Å². The summed E-state index contributed by atoms with van der Waals surface area (Å²) in [7, 11) is 0. The van der Waals surface area contributed by atoms with Gasteiger partial charge < -0.3 is 18.2 Å². The minimum Gasteiger partial charge on any atom is -0.456 e. The maximum absolute atomic E-state index is 7.08. The van der Waals surface area contributed by atoms with E-state index in [0.717, 1.165) is 39.5 Å². The number of benzene rings is 8. The summed E-state index contributed by atoms with van der Waals surface area (Å²) >= 11 is 1.90. The van der Waals surface area contributed by atoms with Gasteiger partial charge in [-0.25, -0.2) is 0 Å². The van der Waals surface area contributed by atoms with Crippen LogP contribution in [-0.4, -0.2) is 11.4 Å². The fraction of sp³-hybridized carbons (Fsp3) is 0.213. The van der Waals surface area contributed by atoms with Gasteiger partial charge in [0.15, 0.2) is 0 Å². The molecule has 0 radical (unpaired) electrons. The second-order valence-corrected chi connectivity index (χ2v) is 23.5. The first kappa shape index (κ1) is 38.4. The van der Waals surface area contributed by atoms with Gasteiger partial charge in [0.05, 0.1) is 11.0 Å². The Balaban J connectivity index is 1.11. The average molecular weight is 885 g/mol. The van der Waals surface area contributed by atoms with Gasteiger partial charge in [0.1, 0.15) is 22.3 Å². The van der Waals surface area contributed by atoms with Gasteiger partial charge in [-0.15, -0.1) is 11.3 Å². The molecule has 8 aromatic carbocycles. The molecule has 0 N–H and O–H groups in total. The van der Waals surface area contributed by atoms with Crippen LogP contribution in [0.15, 0.2) is 136 Å². The standard InChI is InChI=1S/C61H49BN2O2S/c1-32-23-42-37-24-38-39-25-44-45(61(7,8)22-21-60(44,5)6)29-52(39)66-53(38)31-48(37)64(34-19-17-33(18-20-34)59(2,3)4)62-46-30-55-41(36-14-10-12-16-54(36)67-55)27-49(46)63-47-26-40-35-13-9-11-15-50(35)65-51(40)28-43(47)56(32)58(63)57(42)62/h9-20,23-31H,21-22H2,1-8H3. The number of fused-ring (bicyclic) bond motifs is 18. The number of nitrogens with zero attached hydrogens (tertiary/aromatic N) is 2. The van der Waals surface area contributed by atoms with Gasteiger partial charge in [-0.3, -0.25) is 0 Å². The molecular weight excluding hydrogens is 836 g/mol. The number of hydrogen-bond acceptors (Lipinski definition) is 4. The molecule has 0 unspecified atom stereocenters. The predicted octanol–water partition coefficient (Wildman–Crippen LogP) is 16.1. The van der Waals surface area contributed by atoms with Gasteiger partial charge in [0.25, 0.3) is 0 Å². The zero-order chi connectivity index (χ0) is 45.2. The summed E-state index contributed by atoms with van der Waals surface area (Å²) in [6.45, 7) is 18.8. The Morgan fingerprint density at radius 2 is 1.24 bits per heavy atom. The van der Waals surface area contributed by atoms with E-state index in [1.54, 1.807) is 0 Å². The summed E-state index contributed by atoms with van der Waals surface area (Å²) in [4.78, 5) is 2.65. The molecule has 0 atom stereocenters. The van der Waals surface area contributed by atoms with E-state index in [-0.39, 0.29) is 23.1 Å². The van der Waals surface area contributed by atoms with E-state index in [0.29, 0.717) is 0 Å².